The summed E-state index contributed by atoms with van der Waals surface area (Å²) in [5.74, 6) is 0.939. The Morgan fingerprint density at radius 1 is 1.44 bits per heavy atom. The molecule has 1 aliphatic rings. The molecule has 4 heteroatoms. The number of aryl methyl sites for hydroxylation is 1. The molecule has 1 N–H and O–H groups in total. The first kappa shape index (κ1) is 13.6. The highest BCUT2D eigenvalue weighted by atomic mass is 15.2. The molecule has 0 spiro atoms. The fraction of sp³-hybridized carbons (Fsp3) is 0.786. The normalized spacial score (nSPS) is 16.8. The van der Waals surface area contributed by atoms with Gasteiger partial charge in [-0.15, -0.1) is 0 Å². The summed E-state index contributed by atoms with van der Waals surface area (Å²) < 4.78 is 1.86. The summed E-state index contributed by atoms with van der Waals surface area (Å²) in [5.41, 5.74) is 1.29. The Morgan fingerprint density at radius 2 is 2.22 bits per heavy atom. The highest BCUT2D eigenvalue weighted by Gasteiger charge is 2.13. The van der Waals surface area contributed by atoms with Gasteiger partial charge in [0, 0.05) is 38.4 Å². The topological polar surface area (TPSA) is 33.1 Å². The van der Waals surface area contributed by atoms with Crippen molar-refractivity contribution in [2.75, 3.05) is 26.7 Å². The van der Waals surface area contributed by atoms with Gasteiger partial charge in [-0.3, -0.25) is 4.68 Å². The Bertz CT molecular complexity index is 341. The van der Waals surface area contributed by atoms with Gasteiger partial charge >= 0.3 is 0 Å². The molecule has 0 bridgehead atoms. The lowest BCUT2D eigenvalue weighted by Gasteiger charge is -2.17. The van der Waals surface area contributed by atoms with E-state index >= 15 is 0 Å². The van der Waals surface area contributed by atoms with E-state index in [1.54, 1.807) is 0 Å². The van der Waals surface area contributed by atoms with E-state index in [2.05, 4.69) is 28.6 Å². The number of aromatic nitrogens is 2. The molecule has 0 aromatic carbocycles. The molecule has 1 aliphatic carbocycles. The molecule has 1 saturated carbocycles. The van der Waals surface area contributed by atoms with Crippen molar-refractivity contribution in [2.24, 2.45) is 13.0 Å². The van der Waals surface area contributed by atoms with Gasteiger partial charge in [0.1, 0.15) is 0 Å². The van der Waals surface area contributed by atoms with Crippen LogP contribution in [0.2, 0.25) is 0 Å². The lowest BCUT2D eigenvalue weighted by Crippen LogP contribution is -2.31. The van der Waals surface area contributed by atoms with Crippen molar-refractivity contribution in [3.8, 4) is 0 Å². The summed E-state index contributed by atoms with van der Waals surface area (Å²) in [4.78, 5) is 2.35. The van der Waals surface area contributed by atoms with Crippen LogP contribution in [0.15, 0.2) is 12.4 Å². The average Bonchev–Trinajstić information content (AvgIpc) is 2.96. The second-order valence-corrected chi connectivity index (χ2v) is 5.61. The van der Waals surface area contributed by atoms with Gasteiger partial charge in [-0.1, -0.05) is 12.8 Å². The van der Waals surface area contributed by atoms with Crippen LogP contribution in [-0.2, 0) is 13.6 Å². The molecule has 1 heterocycles. The third-order valence-electron chi connectivity index (χ3n) is 3.79. The maximum atomic E-state index is 4.19. The summed E-state index contributed by atoms with van der Waals surface area (Å²) in [5, 5.41) is 7.78. The summed E-state index contributed by atoms with van der Waals surface area (Å²) in [7, 11) is 4.14. The second-order valence-electron chi connectivity index (χ2n) is 5.61. The first-order valence-corrected chi connectivity index (χ1v) is 7.11. The Balaban J connectivity index is 1.55. The minimum Gasteiger partial charge on any atom is -0.315 e. The van der Waals surface area contributed by atoms with Crippen molar-refractivity contribution in [2.45, 2.75) is 32.2 Å². The molecule has 2 rings (SSSR count). The van der Waals surface area contributed by atoms with Crippen LogP contribution in [-0.4, -0.2) is 41.4 Å². The molecule has 1 fully saturated rings. The van der Waals surface area contributed by atoms with E-state index in [1.807, 2.05) is 17.9 Å². The van der Waals surface area contributed by atoms with Crippen molar-refractivity contribution < 1.29 is 0 Å². The number of nitrogens with zero attached hydrogens (tertiary/aromatic N) is 3. The molecule has 0 aliphatic heterocycles. The molecular formula is C14H26N4. The number of likely N-dealkylation sites (N-methyl/N-ethyl adjacent to an activating group) is 1. The third kappa shape index (κ3) is 4.42. The lowest BCUT2D eigenvalue weighted by atomic mass is 10.1. The zero-order valence-corrected chi connectivity index (χ0v) is 11.7. The summed E-state index contributed by atoms with van der Waals surface area (Å²) in [6, 6.07) is 0. The Hall–Kier alpha value is -0.870. The Kier molecular flexibility index (Phi) is 5.20. The van der Waals surface area contributed by atoms with E-state index in [4.69, 9.17) is 0 Å². The van der Waals surface area contributed by atoms with Gasteiger partial charge in [-0.2, -0.15) is 5.10 Å². The van der Waals surface area contributed by atoms with E-state index in [0.717, 1.165) is 25.6 Å². The molecule has 1 aromatic rings. The van der Waals surface area contributed by atoms with Crippen LogP contribution in [0.1, 0.15) is 31.2 Å². The van der Waals surface area contributed by atoms with Gasteiger partial charge in [0.2, 0.25) is 0 Å². The van der Waals surface area contributed by atoms with Gasteiger partial charge in [0.05, 0.1) is 6.20 Å². The van der Waals surface area contributed by atoms with Gasteiger partial charge in [-0.05, 0) is 32.4 Å². The molecule has 0 atom stereocenters. The third-order valence-corrected chi connectivity index (χ3v) is 3.79. The predicted molar refractivity (Wildman–Crippen MR) is 74.4 cm³/mol. The van der Waals surface area contributed by atoms with Crippen LogP contribution in [0.4, 0.5) is 0 Å². The van der Waals surface area contributed by atoms with E-state index in [0.29, 0.717) is 0 Å². The maximum Gasteiger partial charge on any atom is 0.0534 e. The SMILES string of the molecule is CN(CCNCC1CCCC1)Cc1cnn(C)c1. The molecule has 0 radical (unpaired) electrons. The summed E-state index contributed by atoms with van der Waals surface area (Å²) >= 11 is 0. The van der Waals surface area contributed by atoms with Crippen LogP contribution in [0.3, 0.4) is 0 Å². The largest absolute Gasteiger partial charge is 0.315 e. The number of hydrogen-bond donors (Lipinski definition) is 1. The quantitative estimate of drug-likeness (QED) is 0.747. The highest BCUT2D eigenvalue weighted by molar-refractivity contribution is 5.02. The van der Waals surface area contributed by atoms with Crippen LogP contribution < -0.4 is 5.32 Å². The number of rotatable bonds is 7. The Morgan fingerprint density at radius 3 is 2.89 bits per heavy atom. The molecule has 102 valence electrons. The zero-order chi connectivity index (χ0) is 12.8. The van der Waals surface area contributed by atoms with Crippen molar-refractivity contribution >= 4 is 0 Å². The fourth-order valence-corrected chi connectivity index (χ4v) is 2.73. The zero-order valence-electron chi connectivity index (χ0n) is 11.7. The van der Waals surface area contributed by atoms with Crippen LogP contribution in [0, 0.1) is 5.92 Å². The summed E-state index contributed by atoms with van der Waals surface area (Å²) in [6.07, 6.45) is 9.77. The first-order valence-electron chi connectivity index (χ1n) is 7.11. The first-order chi connectivity index (χ1) is 8.74. The van der Waals surface area contributed by atoms with Crippen molar-refractivity contribution in [3.63, 3.8) is 0 Å². The standard InChI is InChI=1S/C14H26N4/c1-17(11-14-10-16-18(2)12-14)8-7-15-9-13-5-3-4-6-13/h10,12-13,15H,3-9,11H2,1-2H3. The van der Waals surface area contributed by atoms with E-state index in [9.17, 15) is 0 Å². The van der Waals surface area contributed by atoms with E-state index in [-0.39, 0.29) is 0 Å². The molecule has 4 nitrogen and oxygen atoms in total. The van der Waals surface area contributed by atoms with Crippen molar-refractivity contribution in [1.29, 1.82) is 0 Å². The molecule has 0 saturated heterocycles. The predicted octanol–water partition coefficient (Wildman–Crippen LogP) is 1.63. The van der Waals surface area contributed by atoms with Gasteiger partial charge in [-0.25, -0.2) is 0 Å². The number of nitrogens with one attached hydrogen (secondary N) is 1. The summed E-state index contributed by atoms with van der Waals surface area (Å²) in [6.45, 7) is 4.38. The monoisotopic (exact) mass is 250 g/mol. The minimum atomic E-state index is 0.939. The van der Waals surface area contributed by atoms with Crippen molar-refractivity contribution in [3.05, 3.63) is 18.0 Å². The fourth-order valence-electron chi connectivity index (χ4n) is 2.73. The van der Waals surface area contributed by atoms with E-state index in [1.165, 1.54) is 37.8 Å². The van der Waals surface area contributed by atoms with Crippen molar-refractivity contribution in [1.82, 2.24) is 20.0 Å². The molecular weight excluding hydrogens is 224 g/mol. The van der Waals surface area contributed by atoms with Gasteiger partial charge in [0.25, 0.3) is 0 Å². The van der Waals surface area contributed by atoms with Crippen LogP contribution in [0.5, 0.6) is 0 Å². The van der Waals surface area contributed by atoms with Gasteiger partial charge in [0.15, 0.2) is 0 Å². The lowest BCUT2D eigenvalue weighted by molar-refractivity contribution is 0.319. The van der Waals surface area contributed by atoms with Crippen LogP contribution >= 0.6 is 0 Å². The molecule has 1 aromatic heterocycles. The average molecular weight is 250 g/mol. The highest BCUT2D eigenvalue weighted by Crippen LogP contribution is 2.23. The van der Waals surface area contributed by atoms with E-state index < -0.39 is 0 Å². The molecule has 0 unspecified atom stereocenters. The molecule has 0 amide bonds. The Labute approximate surface area is 110 Å². The van der Waals surface area contributed by atoms with Gasteiger partial charge < -0.3 is 10.2 Å². The number of hydrogen-bond acceptors (Lipinski definition) is 3. The van der Waals surface area contributed by atoms with Crippen LogP contribution in [0.25, 0.3) is 0 Å². The smallest absolute Gasteiger partial charge is 0.0534 e. The second kappa shape index (κ2) is 6.90. The minimum absolute atomic E-state index is 0.939. The molecule has 18 heavy (non-hydrogen) atoms. The maximum absolute atomic E-state index is 4.19.